The van der Waals surface area contributed by atoms with E-state index >= 15 is 0 Å². The van der Waals surface area contributed by atoms with Gasteiger partial charge in [0.2, 0.25) is 5.91 Å². The third-order valence-electron chi connectivity index (χ3n) is 6.44. The van der Waals surface area contributed by atoms with Crippen LogP contribution in [0.1, 0.15) is 29.0 Å². The molecule has 3 saturated heterocycles. The zero-order valence-corrected chi connectivity index (χ0v) is 16.9. The zero-order chi connectivity index (χ0) is 18.1. The Labute approximate surface area is 160 Å². The van der Waals surface area contributed by atoms with Crippen molar-refractivity contribution in [3.63, 3.8) is 0 Å². The zero-order valence-electron chi connectivity index (χ0n) is 16.1. The molecule has 144 valence electrons. The second kappa shape index (κ2) is 7.58. The minimum atomic E-state index is 0.0691. The number of morpholine rings is 1. The highest BCUT2D eigenvalue weighted by Gasteiger charge is 2.47. The summed E-state index contributed by atoms with van der Waals surface area (Å²) in [5.41, 5.74) is 0.337. The number of rotatable bonds is 3. The lowest BCUT2D eigenvalue weighted by atomic mass is 9.76. The normalized spacial score (nSPS) is 27.3. The predicted octanol–water partition coefficient (Wildman–Crippen LogP) is 2.20. The van der Waals surface area contributed by atoms with E-state index in [1.807, 2.05) is 16.2 Å². The Bertz CT molecular complexity index is 633. The number of likely N-dealkylation sites (N-methyl/N-ethyl adjacent to an activating group) is 1. The van der Waals surface area contributed by atoms with E-state index in [1.165, 1.54) is 22.6 Å². The van der Waals surface area contributed by atoms with Gasteiger partial charge < -0.3 is 9.64 Å². The van der Waals surface area contributed by atoms with Gasteiger partial charge in [-0.15, -0.1) is 11.3 Å². The summed E-state index contributed by atoms with van der Waals surface area (Å²) >= 11 is 1.92. The van der Waals surface area contributed by atoms with Crippen molar-refractivity contribution in [1.82, 2.24) is 14.7 Å². The first-order valence-corrected chi connectivity index (χ1v) is 10.7. The average molecular weight is 378 g/mol. The second-order valence-electron chi connectivity index (χ2n) is 8.36. The number of likely N-dealkylation sites (tertiary alicyclic amines) is 2. The van der Waals surface area contributed by atoms with E-state index in [-0.39, 0.29) is 6.04 Å². The molecular formula is C20H31N3O2S. The lowest BCUT2D eigenvalue weighted by molar-refractivity contribution is -0.139. The smallest absolute Gasteiger partial charge is 0.240 e. The molecule has 4 heterocycles. The van der Waals surface area contributed by atoms with Crippen molar-refractivity contribution >= 4 is 17.2 Å². The minimum absolute atomic E-state index is 0.0691. The van der Waals surface area contributed by atoms with Crippen LogP contribution in [0.4, 0.5) is 0 Å². The van der Waals surface area contributed by atoms with Crippen LogP contribution in [0, 0.1) is 12.3 Å². The first-order chi connectivity index (χ1) is 12.5. The maximum Gasteiger partial charge on any atom is 0.240 e. The van der Waals surface area contributed by atoms with Crippen molar-refractivity contribution in [2.45, 2.75) is 38.8 Å². The van der Waals surface area contributed by atoms with Crippen molar-refractivity contribution in [3.05, 3.63) is 21.9 Å². The molecule has 26 heavy (non-hydrogen) atoms. The molecule has 1 aromatic heterocycles. The van der Waals surface area contributed by atoms with Gasteiger partial charge in [0.05, 0.1) is 19.3 Å². The third kappa shape index (κ3) is 3.84. The fourth-order valence-electron chi connectivity index (χ4n) is 4.88. The molecule has 5 nitrogen and oxygen atoms in total. The van der Waals surface area contributed by atoms with Crippen LogP contribution < -0.4 is 0 Å². The number of carbonyl (C=O) groups is 1. The highest BCUT2D eigenvalue weighted by Crippen LogP contribution is 2.43. The van der Waals surface area contributed by atoms with Gasteiger partial charge in [0.15, 0.2) is 0 Å². The molecule has 1 amide bonds. The molecule has 0 radical (unpaired) electrons. The summed E-state index contributed by atoms with van der Waals surface area (Å²) in [5.74, 6) is 0.323. The number of thiophene rings is 1. The summed E-state index contributed by atoms with van der Waals surface area (Å²) in [6, 6.07) is 4.56. The molecule has 4 rings (SSSR count). The molecule has 3 fully saturated rings. The SMILES string of the molecule is Cc1ccc(CN2CCC3(CC2)CC(C(=O)N2CCOCC2)N(C)C3)s1. The molecule has 1 spiro atoms. The van der Waals surface area contributed by atoms with Gasteiger partial charge in [-0.2, -0.15) is 0 Å². The van der Waals surface area contributed by atoms with E-state index in [0.717, 1.165) is 45.7 Å². The lowest BCUT2D eigenvalue weighted by Gasteiger charge is -2.39. The summed E-state index contributed by atoms with van der Waals surface area (Å²) in [5, 5.41) is 0. The van der Waals surface area contributed by atoms with E-state index in [9.17, 15) is 4.79 Å². The number of hydrogen-bond acceptors (Lipinski definition) is 5. The van der Waals surface area contributed by atoms with Gasteiger partial charge >= 0.3 is 0 Å². The molecule has 1 atom stereocenters. The lowest BCUT2D eigenvalue weighted by Crippen LogP contribution is -2.48. The Kier molecular flexibility index (Phi) is 5.37. The number of piperidine rings is 1. The highest BCUT2D eigenvalue weighted by molar-refractivity contribution is 7.11. The molecule has 0 aromatic carbocycles. The summed E-state index contributed by atoms with van der Waals surface area (Å²) in [6.07, 6.45) is 3.47. The summed E-state index contributed by atoms with van der Waals surface area (Å²) < 4.78 is 5.40. The van der Waals surface area contributed by atoms with Crippen molar-refractivity contribution in [1.29, 1.82) is 0 Å². The Morgan fingerprint density at radius 3 is 2.62 bits per heavy atom. The fourth-order valence-corrected chi connectivity index (χ4v) is 5.81. The molecule has 0 bridgehead atoms. The van der Waals surface area contributed by atoms with E-state index in [4.69, 9.17) is 4.74 Å². The van der Waals surface area contributed by atoms with E-state index in [1.54, 1.807) is 0 Å². The molecule has 1 aromatic rings. The second-order valence-corrected chi connectivity index (χ2v) is 9.73. The van der Waals surface area contributed by atoms with Gasteiger partial charge in [0, 0.05) is 35.9 Å². The van der Waals surface area contributed by atoms with Crippen LogP contribution in [0.3, 0.4) is 0 Å². The number of amides is 1. The van der Waals surface area contributed by atoms with Gasteiger partial charge in [-0.3, -0.25) is 14.6 Å². The van der Waals surface area contributed by atoms with Crippen LogP contribution in [0.15, 0.2) is 12.1 Å². The van der Waals surface area contributed by atoms with Gasteiger partial charge in [-0.1, -0.05) is 0 Å². The van der Waals surface area contributed by atoms with E-state index < -0.39 is 0 Å². The van der Waals surface area contributed by atoms with Gasteiger partial charge in [-0.05, 0) is 63.9 Å². The van der Waals surface area contributed by atoms with Gasteiger partial charge in [-0.25, -0.2) is 0 Å². The highest BCUT2D eigenvalue weighted by atomic mass is 32.1. The Morgan fingerprint density at radius 1 is 1.23 bits per heavy atom. The van der Waals surface area contributed by atoms with Crippen LogP contribution in [-0.4, -0.2) is 79.6 Å². The predicted molar refractivity (Wildman–Crippen MR) is 104 cm³/mol. The number of aryl methyl sites for hydroxylation is 1. The van der Waals surface area contributed by atoms with Crippen LogP contribution in [-0.2, 0) is 16.1 Å². The molecule has 3 aliphatic rings. The van der Waals surface area contributed by atoms with Crippen LogP contribution in [0.5, 0.6) is 0 Å². The molecule has 0 saturated carbocycles. The Hall–Kier alpha value is -0.950. The number of hydrogen-bond donors (Lipinski definition) is 0. The Balaban J connectivity index is 1.33. The van der Waals surface area contributed by atoms with Crippen molar-refractivity contribution in [2.24, 2.45) is 5.41 Å². The number of carbonyl (C=O) groups excluding carboxylic acids is 1. The van der Waals surface area contributed by atoms with Crippen molar-refractivity contribution in [2.75, 3.05) is 53.0 Å². The minimum Gasteiger partial charge on any atom is -0.378 e. The van der Waals surface area contributed by atoms with Gasteiger partial charge in [0.1, 0.15) is 0 Å². The van der Waals surface area contributed by atoms with E-state index in [2.05, 4.69) is 35.9 Å². The molecule has 0 aliphatic carbocycles. The molecule has 6 heteroatoms. The van der Waals surface area contributed by atoms with Gasteiger partial charge in [0.25, 0.3) is 0 Å². The molecule has 0 N–H and O–H groups in total. The summed E-state index contributed by atoms with van der Waals surface area (Å²) in [6.45, 7) is 9.52. The van der Waals surface area contributed by atoms with Crippen LogP contribution >= 0.6 is 11.3 Å². The first-order valence-electron chi connectivity index (χ1n) is 9.89. The third-order valence-corrected chi connectivity index (χ3v) is 7.43. The molecule has 1 unspecified atom stereocenters. The van der Waals surface area contributed by atoms with Crippen molar-refractivity contribution < 1.29 is 9.53 Å². The standard InChI is InChI=1S/C20H31N3O2S/c1-16-3-4-17(26-16)14-22-7-5-20(6-8-22)13-18(21(2)15-20)19(24)23-9-11-25-12-10-23/h3-4,18H,5-15H2,1-2H3. The number of nitrogens with zero attached hydrogens (tertiary/aromatic N) is 3. The summed E-state index contributed by atoms with van der Waals surface area (Å²) in [7, 11) is 2.14. The van der Waals surface area contributed by atoms with Crippen LogP contribution in [0.2, 0.25) is 0 Å². The van der Waals surface area contributed by atoms with E-state index in [0.29, 0.717) is 24.5 Å². The Morgan fingerprint density at radius 2 is 1.96 bits per heavy atom. The average Bonchev–Trinajstić information content (AvgIpc) is 3.20. The maximum atomic E-state index is 13.0. The fraction of sp³-hybridized carbons (Fsp3) is 0.750. The topological polar surface area (TPSA) is 36.0 Å². The molecule has 3 aliphatic heterocycles. The summed E-state index contributed by atoms with van der Waals surface area (Å²) in [4.78, 5) is 22.8. The molecular weight excluding hydrogens is 346 g/mol. The number of ether oxygens (including phenoxy) is 1. The largest absolute Gasteiger partial charge is 0.378 e. The monoisotopic (exact) mass is 377 g/mol. The van der Waals surface area contributed by atoms with Crippen LogP contribution in [0.25, 0.3) is 0 Å². The maximum absolute atomic E-state index is 13.0. The first kappa shape index (κ1) is 18.4. The van der Waals surface area contributed by atoms with Crippen molar-refractivity contribution in [3.8, 4) is 0 Å². The quantitative estimate of drug-likeness (QED) is 0.809.